The number of nitrogens with one attached hydrogen (secondary N) is 1. The standard InChI is InChI=1S/C22H28N8O6S2/c1-36-27-14(16-26-21(24)38-28-16)17(33)25-15-18(34)29-12(8-13(31)32)11(10-37-19(15)29)9-30-5-2-22(3-6-30,4-7-30)20(23)35/h15,19H,2-10H2,1H3,(H5-,23,24,25,26,28,31,32,33,35)/p+1/b27-14-/t15-,19+,22?,30?/m1/s1. The van der Waals surface area contributed by atoms with E-state index in [1.54, 1.807) is 0 Å². The molecule has 0 saturated carbocycles. The SMILES string of the molecule is CO/N=C(\C(=O)N[C@@H]1C(=O)N2C(CC(=O)O)=C(C[N+]34CCC(C(N)=O)(CC3)CC4)CS[C@@H]12)c1nsc(N)n1. The number of thioether (sulfide) groups is 1. The van der Waals surface area contributed by atoms with E-state index in [4.69, 9.17) is 16.3 Å². The van der Waals surface area contributed by atoms with E-state index in [-0.39, 0.29) is 29.0 Å². The van der Waals surface area contributed by atoms with E-state index >= 15 is 0 Å². The summed E-state index contributed by atoms with van der Waals surface area (Å²) in [6.45, 7) is 3.01. The number of oxime groups is 1. The molecule has 6 N–H and O–H groups in total. The minimum Gasteiger partial charge on any atom is -0.481 e. The molecule has 2 bridgehead atoms. The van der Waals surface area contributed by atoms with Gasteiger partial charge in [-0.15, -0.1) is 11.8 Å². The summed E-state index contributed by atoms with van der Waals surface area (Å²) in [4.78, 5) is 60.2. The lowest BCUT2D eigenvalue weighted by molar-refractivity contribution is -0.940. The van der Waals surface area contributed by atoms with Gasteiger partial charge in [-0.2, -0.15) is 9.36 Å². The van der Waals surface area contributed by atoms with Gasteiger partial charge >= 0.3 is 5.97 Å². The van der Waals surface area contributed by atoms with Crippen molar-refractivity contribution < 1.29 is 33.6 Å². The molecule has 6 heterocycles. The van der Waals surface area contributed by atoms with Gasteiger partial charge in [0, 0.05) is 47.8 Å². The maximum absolute atomic E-state index is 13.3. The number of nitrogens with two attached hydrogens (primary N) is 2. The van der Waals surface area contributed by atoms with Gasteiger partial charge in [0.15, 0.2) is 5.13 Å². The van der Waals surface area contributed by atoms with Crippen molar-refractivity contribution in [3.63, 3.8) is 0 Å². The monoisotopic (exact) mass is 565 g/mol. The lowest BCUT2D eigenvalue weighted by Gasteiger charge is -2.55. The number of fused-ring (bicyclic) bond motifs is 4. The number of nitrogens with zero attached hydrogens (tertiary/aromatic N) is 5. The molecule has 38 heavy (non-hydrogen) atoms. The Kier molecular flexibility index (Phi) is 6.81. The van der Waals surface area contributed by atoms with Crippen LogP contribution in [0.4, 0.5) is 5.13 Å². The van der Waals surface area contributed by atoms with Crippen LogP contribution in [0.5, 0.6) is 0 Å². The summed E-state index contributed by atoms with van der Waals surface area (Å²) in [5.74, 6) is -1.84. The second kappa shape index (κ2) is 9.81. The smallest absolute Gasteiger partial charge is 0.309 e. The number of carbonyl (C=O) groups is 4. The van der Waals surface area contributed by atoms with E-state index in [0.717, 1.165) is 60.5 Å². The number of carboxylic acids is 1. The Morgan fingerprint density at radius 2 is 1.97 bits per heavy atom. The van der Waals surface area contributed by atoms with Gasteiger partial charge in [0.25, 0.3) is 11.8 Å². The van der Waals surface area contributed by atoms with E-state index in [0.29, 0.717) is 18.0 Å². The molecule has 5 aliphatic heterocycles. The van der Waals surface area contributed by atoms with Crippen molar-refractivity contribution in [2.75, 3.05) is 44.8 Å². The third-order valence-corrected chi connectivity index (χ3v) is 9.95. The van der Waals surface area contributed by atoms with Crippen molar-refractivity contribution in [2.24, 2.45) is 16.3 Å². The maximum atomic E-state index is 13.3. The summed E-state index contributed by atoms with van der Waals surface area (Å²) in [5, 5.41) is 15.7. The number of carbonyl (C=O) groups excluding carboxylic acids is 3. The molecule has 204 valence electrons. The highest BCUT2D eigenvalue weighted by Gasteiger charge is 2.56. The Balaban J connectivity index is 1.33. The van der Waals surface area contributed by atoms with Crippen molar-refractivity contribution in [3.8, 4) is 0 Å². The number of amides is 3. The number of piperidine rings is 3. The van der Waals surface area contributed by atoms with Crippen molar-refractivity contribution in [1.29, 1.82) is 0 Å². The van der Waals surface area contributed by atoms with Gasteiger partial charge in [0.2, 0.25) is 17.4 Å². The van der Waals surface area contributed by atoms with E-state index < -0.39 is 34.6 Å². The number of rotatable bonds is 9. The predicted molar refractivity (Wildman–Crippen MR) is 137 cm³/mol. The van der Waals surface area contributed by atoms with Gasteiger partial charge < -0.3 is 31.2 Å². The molecule has 0 radical (unpaired) electrons. The number of aromatic nitrogens is 2. The predicted octanol–water partition coefficient (Wildman–Crippen LogP) is -0.914. The molecule has 3 amide bonds. The van der Waals surface area contributed by atoms with Crippen LogP contribution in [0.1, 0.15) is 31.5 Å². The van der Waals surface area contributed by atoms with Crippen LogP contribution in [-0.2, 0) is 24.0 Å². The first-order valence-electron chi connectivity index (χ1n) is 12.1. The normalized spacial score (nSPS) is 30.5. The number of hydrogen-bond acceptors (Lipinski definition) is 11. The highest BCUT2D eigenvalue weighted by Crippen LogP contribution is 2.46. The Morgan fingerprint density at radius 1 is 1.29 bits per heavy atom. The third-order valence-electron chi connectivity index (χ3n) is 8.07. The number of quaternary nitrogens is 1. The van der Waals surface area contributed by atoms with Crippen LogP contribution in [0.3, 0.4) is 0 Å². The molecule has 4 fully saturated rings. The molecular weight excluding hydrogens is 536 g/mol. The van der Waals surface area contributed by atoms with Crippen LogP contribution in [0.15, 0.2) is 16.4 Å². The molecule has 4 saturated heterocycles. The largest absolute Gasteiger partial charge is 0.481 e. The molecule has 1 aromatic rings. The summed E-state index contributed by atoms with van der Waals surface area (Å²) in [7, 11) is 1.27. The van der Waals surface area contributed by atoms with Crippen molar-refractivity contribution in [3.05, 3.63) is 17.1 Å². The molecule has 2 atom stereocenters. The summed E-state index contributed by atoms with van der Waals surface area (Å²) < 4.78 is 4.75. The first-order valence-corrected chi connectivity index (χ1v) is 13.9. The number of β-lactam (4-membered cyclic amide) rings is 1. The van der Waals surface area contributed by atoms with Crippen molar-refractivity contribution >= 4 is 57.8 Å². The minimum absolute atomic E-state index is 0.0159. The highest BCUT2D eigenvalue weighted by molar-refractivity contribution is 8.00. The summed E-state index contributed by atoms with van der Waals surface area (Å²) in [6, 6.07) is -0.871. The van der Waals surface area contributed by atoms with Crippen LogP contribution in [0.2, 0.25) is 0 Å². The first kappa shape index (κ1) is 26.4. The Hall–Kier alpha value is -3.24. The summed E-state index contributed by atoms with van der Waals surface area (Å²) in [6.07, 6.45) is 1.88. The minimum atomic E-state index is -1.03. The fourth-order valence-electron chi connectivity index (χ4n) is 5.88. The van der Waals surface area contributed by atoms with Crippen LogP contribution >= 0.6 is 23.3 Å². The van der Waals surface area contributed by atoms with Crippen molar-refractivity contribution in [1.82, 2.24) is 19.6 Å². The summed E-state index contributed by atoms with van der Waals surface area (Å²) >= 11 is 2.37. The molecule has 1 aromatic heterocycles. The average molecular weight is 566 g/mol. The maximum Gasteiger partial charge on any atom is 0.309 e. The number of carboxylic acid groups (broad SMARTS) is 1. The number of hydrogen-bond donors (Lipinski definition) is 4. The van der Waals surface area contributed by atoms with Gasteiger partial charge in [-0.1, -0.05) is 5.16 Å². The molecule has 0 spiro atoms. The molecule has 0 aliphatic carbocycles. The van der Waals surface area contributed by atoms with Crippen LogP contribution in [0.25, 0.3) is 0 Å². The molecule has 16 heteroatoms. The van der Waals surface area contributed by atoms with Gasteiger partial charge in [-0.3, -0.25) is 24.1 Å². The third kappa shape index (κ3) is 4.49. The molecule has 5 aliphatic rings. The van der Waals surface area contributed by atoms with Crippen LogP contribution in [-0.4, -0.2) is 104 Å². The zero-order chi connectivity index (χ0) is 27.2. The summed E-state index contributed by atoms with van der Waals surface area (Å²) in [5.41, 5.74) is 12.1. The number of aliphatic carboxylic acids is 1. The lowest BCUT2D eigenvalue weighted by atomic mass is 9.70. The lowest BCUT2D eigenvalue weighted by Crippen LogP contribution is -2.71. The van der Waals surface area contributed by atoms with Gasteiger partial charge in [-0.25, -0.2) is 0 Å². The fraction of sp³-hybridized carbons (Fsp3) is 0.591. The fourth-order valence-corrected chi connectivity index (χ4v) is 7.70. The van der Waals surface area contributed by atoms with Gasteiger partial charge in [-0.05, 0) is 0 Å². The number of primary amides is 1. The zero-order valence-electron chi connectivity index (χ0n) is 20.7. The van der Waals surface area contributed by atoms with Crippen molar-refractivity contribution in [2.45, 2.75) is 37.1 Å². The molecule has 0 aromatic carbocycles. The average Bonchev–Trinajstić information content (AvgIpc) is 3.32. The second-order valence-electron chi connectivity index (χ2n) is 10.1. The second-order valence-corrected chi connectivity index (χ2v) is 12.0. The highest BCUT2D eigenvalue weighted by atomic mass is 32.2. The molecule has 0 unspecified atom stereocenters. The quantitative estimate of drug-likeness (QED) is 0.126. The molecular formula is C22H29N8O6S2+. The Labute approximate surface area is 226 Å². The first-order chi connectivity index (χ1) is 18.1. The Bertz CT molecular complexity index is 1240. The van der Waals surface area contributed by atoms with Gasteiger partial charge in [0.05, 0.1) is 31.5 Å². The van der Waals surface area contributed by atoms with E-state index in [1.807, 2.05) is 0 Å². The molecule has 6 rings (SSSR count). The van der Waals surface area contributed by atoms with E-state index in [1.165, 1.54) is 23.8 Å². The number of nitrogen functional groups attached to an aromatic ring is 1. The van der Waals surface area contributed by atoms with Crippen LogP contribution < -0.4 is 16.8 Å². The number of anilines is 1. The van der Waals surface area contributed by atoms with E-state index in [9.17, 15) is 24.3 Å². The molecule has 14 nitrogen and oxygen atoms in total. The zero-order valence-corrected chi connectivity index (χ0v) is 22.3. The van der Waals surface area contributed by atoms with Gasteiger partial charge in [0.1, 0.15) is 25.1 Å². The topological polar surface area (TPSA) is 203 Å². The van der Waals surface area contributed by atoms with E-state index in [2.05, 4.69) is 19.8 Å². The Morgan fingerprint density at radius 3 is 2.53 bits per heavy atom. The van der Waals surface area contributed by atoms with Crippen LogP contribution in [0, 0.1) is 5.41 Å².